The third-order valence-electron chi connectivity index (χ3n) is 13.6. The van der Waals surface area contributed by atoms with Gasteiger partial charge in [-0.05, 0) is 116 Å². The lowest BCUT2D eigenvalue weighted by Gasteiger charge is -2.26. The van der Waals surface area contributed by atoms with Gasteiger partial charge in [0.15, 0.2) is 12.4 Å². The Bertz CT molecular complexity index is 1870. The van der Waals surface area contributed by atoms with Crippen molar-refractivity contribution in [2.24, 2.45) is 0 Å². The van der Waals surface area contributed by atoms with E-state index in [2.05, 4.69) is 160 Å². The predicted molar refractivity (Wildman–Crippen MR) is 352 cm³/mol. The molecule has 0 saturated heterocycles. The fraction of sp³-hybridized carbons (Fsp3) is 0.635. The van der Waals surface area contributed by atoms with Gasteiger partial charge in [0.2, 0.25) is 0 Å². The maximum Gasteiger partial charge on any atom is 0.306 e. The molecular formula is C74H121NO8. The van der Waals surface area contributed by atoms with Gasteiger partial charge in [-0.3, -0.25) is 9.59 Å². The van der Waals surface area contributed by atoms with E-state index in [0.717, 1.165) is 122 Å². The number of hydrogen-bond donors (Lipinski definition) is 0. The van der Waals surface area contributed by atoms with E-state index in [1.165, 1.54) is 89.9 Å². The molecule has 0 heterocycles. The Hall–Kier alpha value is -4.83. The molecule has 2 unspecified atom stereocenters. The van der Waals surface area contributed by atoms with Gasteiger partial charge in [-0.25, -0.2) is 0 Å². The Morgan fingerprint density at radius 3 is 0.964 bits per heavy atom. The lowest BCUT2D eigenvalue weighted by Crippen LogP contribution is -2.44. The van der Waals surface area contributed by atoms with Gasteiger partial charge in [-0.2, -0.15) is 0 Å². The van der Waals surface area contributed by atoms with Crippen molar-refractivity contribution >= 4 is 17.9 Å². The van der Waals surface area contributed by atoms with Crippen LogP contribution in [-0.4, -0.2) is 82.3 Å². The molecule has 2 atom stereocenters. The molecule has 9 heteroatoms. The van der Waals surface area contributed by atoms with Crippen LogP contribution in [0.25, 0.3) is 0 Å². The third-order valence-corrected chi connectivity index (χ3v) is 13.6. The van der Waals surface area contributed by atoms with Gasteiger partial charge in [-0.15, -0.1) is 0 Å². The molecule has 0 amide bonds. The molecule has 9 nitrogen and oxygen atoms in total. The van der Waals surface area contributed by atoms with Crippen LogP contribution < -0.4 is 5.11 Å². The molecule has 0 aliphatic heterocycles. The summed E-state index contributed by atoms with van der Waals surface area (Å²) in [4.78, 5) is 37.5. The molecule has 0 spiro atoms. The lowest BCUT2D eigenvalue weighted by atomic mass is 10.0. The molecule has 0 bridgehead atoms. The number of esters is 2. The second-order valence-corrected chi connectivity index (χ2v) is 22.6. The van der Waals surface area contributed by atoms with Crippen LogP contribution in [0.2, 0.25) is 0 Å². The number of carboxylic acid groups (broad SMARTS) is 1. The van der Waals surface area contributed by atoms with Gasteiger partial charge in [-0.1, -0.05) is 262 Å². The van der Waals surface area contributed by atoms with Gasteiger partial charge in [0.25, 0.3) is 0 Å². The molecule has 0 aromatic carbocycles. The summed E-state index contributed by atoms with van der Waals surface area (Å²) in [6.07, 6.45) is 89.0. The number of carboxylic acids is 1. The molecule has 0 fully saturated rings. The Labute approximate surface area is 509 Å². The van der Waals surface area contributed by atoms with Crippen LogP contribution in [0, 0.1) is 0 Å². The van der Waals surface area contributed by atoms with Crippen LogP contribution in [-0.2, 0) is 33.3 Å². The summed E-state index contributed by atoms with van der Waals surface area (Å²) in [5, 5.41) is 11.8. The number of quaternary nitrogens is 1. The highest BCUT2D eigenvalue weighted by Crippen LogP contribution is 2.16. The number of allylic oxidation sites excluding steroid dienone is 24. The van der Waals surface area contributed by atoms with Crippen LogP contribution in [0.1, 0.15) is 245 Å². The highest BCUT2D eigenvalue weighted by Gasteiger charge is 2.22. The van der Waals surface area contributed by atoms with E-state index in [-0.39, 0.29) is 38.6 Å². The molecule has 0 radical (unpaired) electrons. The van der Waals surface area contributed by atoms with Gasteiger partial charge in [0.05, 0.1) is 40.3 Å². The summed E-state index contributed by atoms with van der Waals surface area (Å²) < 4.78 is 22.8. The predicted octanol–water partition coefficient (Wildman–Crippen LogP) is 19.0. The smallest absolute Gasteiger partial charge is 0.306 e. The van der Waals surface area contributed by atoms with E-state index in [4.69, 9.17) is 18.9 Å². The number of carbonyl (C=O) groups is 3. The largest absolute Gasteiger partial charge is 0.545 e. The van der Waals surface area contributed by atoms with Crippen LogP contribution in [0.5, 0.6) is 0 Å². The molecule has 0 aliphatic rings. The highest BCUT2D eigenvalue weighted by atomic mass is 16.7. The van der Waals surface area contributed by atoms with E-state index in [0.29, 0.717) is 17.4 Å². The van der Waals surface area contributed by atoms with Crippen molar-refractivity contribution in [2.45, 2.75) is 257 Å². The summed E-state index contributed by atoms with van der Waals surface area (Å²) in [7, 11) is 5.91. The molecule has 83 heavy (non-hydrogen) atoms. The van der Waals surface area contributed by atoms with Crippen molar-refractivity contribution in [3.63, 3.8) is 0 Å². The molecule has 470 valence electrons. The second-order valence-electron chi connectivity index (χ2n) is 22.6. The lowest BCUT2D eigenvalue weighted by molar-refractivity contribution is -0.870. The maximum atomic E-state index is 12.9. The van der Waals surface area contributed by atoms with Gasteiger partial charge in [0, 0.05) is 12.8 Å². The number of carbonyl (C=O) groups excluding carboxylic acids is 3. The zero-order chi connectivity index (χ0) is 60.5. The first-order valence-electron chi connectivity index (χ1n) is 33.0. The number of likely N-dealkylation sites (N-methyl/N-ethyl adjacent to an activating group) is 1. The Balaban J connectivity index is 4.23. The Morgan fingerprint density at radius 2 is 0.651 bits per heavy atom. The first-order valence-corrected chi connectivity index (χ1v) is 33.0. The van der Waals surface area contributed by atoms with E-state index in [1.807, 2.05) is 21.1 Å². The summed E-state index contributed by atoms with van der Waals surface area (Å²) in [5.74, 6) is -2.31. The number of aliphatic carboxylic acids is 1. The average molecular weight is 1150 g/mol. The van der Waals surface area contributed by atoms with Crippen molar-refractivity contribution < 1.29 is 42.9 Å². The highest BCUT2D eigenvalue weighted by molar-refractivity contribution is 5.70. The molecule has 0 saturated carbocycles. The Morgan fingerprint density at radius 1 is 0.361 bits per heavy atom. The number of rotatable bonds is 59. The molecule has 0 rings (SSSR count). The minimum absolute atomic E-state index is 0.138. The quantitative estimate of drug-likeness (QED) is 0.0195. The zero-order valence-corrected chi connectivity index (χ0v) is 53.5. The van der Waals surface area contributed by atoms with Gasteiger partial charge < -0.3 is 33.3 Å². The molecule has 0 N–H and O–H groups in total. The van der Waals surface area contributed by atoms with E-state index in [9.17, 15) is 19.5 Å². The number of ether oxygens (including phenoxy) is 4. The Kier molecular flexibility index (Phi) is 59.5. The van der Waals surface area contributed by atoms with Crippen molar-refractivity contribution in [2.75, 3.05) is 47.5 Å². The standard InChI is InChI=1S/C74H121NO8/c1-6-8-10-12-14-16-18-20-22-24-26-28-30-32-34-36-38-40-42-44-46-48-50-52-54-56-58-60-62-64-71(76)81-68-70(69-82-74(73(78)79)80-67-66-75(3,4)5)83-72(77)65-63-61-59-57-55-53-51-49-47-45-43-41-39-37-35-33-31-29-27-25-23-21-19-17-15-13-11-9-7-2/h8-11,14-17,20-23,26-29,32-35,39,41,45,47,70,74H,6-7,12-13,18-19,24-25,30-31,36-38,40,42-44,46,48-69H2,1-5H3/b10-8-,11-9-,16-14-,17-15-,22-20-,23-21-,28-26-,29-27-,34-32-,35-33-,41-39-,47-45-. The maximum absolute atomic E-state index is 12.9. The molecule has 0 aromatic heterocycles. The van der Waals surface area contributed by atoms with E-state index in [1.54, 1.807) is 0 Å². The zero-order valence-electron chi connectivity index (χ0n) is 53.5. The summed E-state index contributed by atoms with van der Waals surface area (Å²) in [6.45, 7) is 4.50. The minimum Gasteiger partial charge on any atom is -0.545 e. The first kappa shape index (κ1) is 78.2. The number of nitrogens with zero attached hydrogens (tertiary/aromatic N) is 1. The number of unbranched alkanes of at least 4 members (excludes halogenated alkanes) is 20. The molecular weight excluding hydrogens is 1030 g/mol. The summed E-state index contributed by atoms with van der Waals surface area (Å²) >= 11 is 0. The summed E-state index contributed by atoms with van der Waals surface area (Å²) in [6, 6.07) is 0. The van der Waals surface area contributed by atoms with Crippen molar-refractivity contribution in [3.05, 3.63) is 146 Å². The van der Waals surface area contributed by atoms with Crippen LogP contribution in [0.4, 0.5) is 0 Å². The summed E-state index contributed by atoms with van der Waals surface area (Å²) in [5.41, 5.74) is 0. The van der Waals surface area contributed by atoms with Crippen LogP contribution in [0.3, 0.4) is 0 Å². The third kappa shape index (κ3) is 64.6. The topological polar surface area (TPSA) is 111 Å². The van der Waals surface area contributed by atoms with Gasteiger partial charge in [0.1, 0.15) is 13.2 Å². The van der Waals surface area contributed by atoms with E-state index < -0.39 is 24.3 Å². The average Bonchev–Trinajstić information content (AvgIpc) is 3.46. The number of hydrogen-bond acceptors (Lipinski definition) is 8. The fourth-order valence-electron chi connectivity index (χ4n) is 8.60. The van der Waals surface area contributed by atoms with Crippen LogP contribution in [0.15, 0.2) is 146 Å². The first-order chi connectivity index (χ1) is 40.6. The van der Waals surface area contributed by atoms with Crippen molar-refractivity contribution in [1.82, 2.24) is 0 Å². The second kappa shape index (κ2) is 63.2. The normalized spacial score (nSPS) is 13.7. The van der Waals surface area contributed by atoms with Gasteiger partial charge >= 0.3 is 11.9 Å². The minimum atomic E-state index is -1.63. The van der Waals surface area contributed by atoms with Crippen molar-refractivity contribution in [3.8, 4) is 0 Å². The van der Waals surface area contributed by atoms with Crippen LogP contribution >= 0.6 is 0 Å². The fourth-order valence-corrected chi connectivity index (χ4v) is 8.60. The molecule has 0 aromatic rings. The van der Waals surface area contributed by atoms with E-state index >= 15 is 0 Å². The SMILES string of the molecule is CC/C=C\C/C=C\C/C=C\C/C=C\C/C=C\C/C=C\C/C=C\CCCCCCCCCC(=O)OC(COC(=O)CCCCCCCCCCCCCCC/C=C\C/C=C\C/C=C\C/C=C\C/C=C\CC)COC(OCC[N+](C)(C)C)C(=O)[O-]. The monoisotopic (exact) mass is 1150 g/mol. The molecule has 0 aliphatic carbocycles. The van der Waals surface area contributed by atoms with Crippen molar-refractivity contribution in [1.29, 1.82) is 0 Å².